The van der Waals surface area contributed by atoms with Crippen molar-refractivity contribution >= 4 is 22.5 Å². The molecule has 7 nitrogen and oxygen atoms in total. The molecule has 0 atom stereocenters. The van der Waals surface area contributed by atoms with Gasteiger partial charge in [0.1, 0.15) is 11.3 Å². The third kappa shape index (κ3) is 3.00. The molecular formula is C21H20N4O3. The zero-order valence-corrected chi connectivity index (χ0v) is 15.7. The molecular weight excluding hydrogens is 356 g/mol. The zero-order valence-electron chi connectivity index (χ0n) is 15.7. The highest BCUT2D eigenvalue weighted by Crippen LogP contribution is 2.19. The Labute approximate surface area is 161 Å². The molecule has 4 rings (SSSR count). The number of rotatable bonds is 5. The second-order valence-electron chi connectivity index (χ2n) is 6.42. The maximum absolute atomic E-state index is 12.7. The molecule has 0 fully saturated rings. The normalized spacial score (nSPS) is 11.1. The van der Waals surface area contributed by atoms with Crippen molar-refractivity contribution in [3.63, 3.8) is 0 Å². The molecule has 28 heavy (non-hydrogen) atoms. The maximum Gasteiger partial charge on any atom is 0.276 e. The minimum Gasteiger partial charge on any atom is -0.494 e. The van der Waals surface area contributed by atoms with Gasteiger partial charge in [0.15, 0.2) is 0 Å². The second kappa shape index (κ2) is 7.19. The first-order chi connectivity index (χ1) is 13.6. The molecule has 2 heterocycles. The number of hydrogen-bond acceptors (Lipinski definition) is 4. The molecule has 0 bridgehead atoms. The van der Waals surface area contributed by atoms with E-state index in [2.05, 4.69) is 10.4 Å². The summed E-state index contributed by atoms with van der Waals surface area (Å²) in [4.78, 5) is 25.2. The van der Waals surface area contributed by atoms with E-state index in [9.17, 15) is 9.59 Å². The van der Waals surface area contributed by atoms with E-state index in [4.69, 9.17) is 4.74 Å². The number of carbonyl (C=O) groups excluding carboxylic acids is 1. The fraction of sp³-hybridized carbons (Fsp3) is 0.190. The minimum absolute atomic E-state index is 0.159. The first-order valence-corrected chi connectivity index (χ1v) is 9.05. The number of para-hydroxylation sites is 1. The first-order valence-electron chi connectivity index (χ1n) is 9.05. The molecule has 0 saturated carbocycles. The van der Waals surface area contributed by atoms with Crippen molar-refractivity contribution in [2.75, 3.05) is 6.61 Å². The van der Waals surface area contributed by atoms with Crippen molar-refractivity contribution in [3.05, 3.63) is 76.2 Å². The van der Waals surface area contributed by atoms with E-state index in [1.807, 2.05) is 31.2 Å². The third-order valence-electron chi connectivity index (χ3n) is 4.71. The molecule has 2 aromatic carbocycles. The minimum atomic E-state index is -0.221. The summed E-state index contributed by atoms with van der Waals surface area (Å²) in [6.45, 7) is 2.83. The molecule has 0 aliphatic heterocycles. The number of benzene rings is 2. The van der Waals surface area contributed by atoms with Crippen LogP contribution in [0.1, 0.15) is 22.8 Å². The van der Waals surface area contributed by atoms with E-state index in [0.717, 1.165) is 16.8 Å². The summed E-state index contributed by atoms with van der Waals surface area (Å²) in [5, 5.41) is 7.13. The second-order valence-corrected chi connectivity index (χ2v) is 6.42. The number of aryl methyl sites for hydroxylation is 1. The van der Waals surface area contributed by atoms with Gasteiger partial charge < -0.3 is 14.6 Å². The van der Waals surface area contributed by atoms with Gasteiger partial charge >= 0.3 is 0 Å². The van der Waals surface area contributed by atoms with Gasteiger partial charge in [-0.25, -0.2) is 4.52 Å². The average molecular weight is 376 g/mol. The van der Waals surface area contributed by atoms with Gasteiger partial charge in [0.2, 0.25) is 0 Å². The molecule has 0 spiro atoms. The van der Waals surface area contributed by atoms with E-state index in [-0.39, 0.29) is 11.5 Å². The van der Waals surface area contributed by atoms with Crippen molar-refractivity contribution < 1.29 is 9.53 Å². The third-order valence-corrected chi connectivity index (χ3v) is 4.71. The van der Waals surface area contributed by atoms with Crippen molar-refractivity contribution in [1.29, 1.82) is 0 Å². The largest absolute Gasteiger partial charge is 0.494 e. The SMILES string of the molecule is CCOc1ccccc1CNC(=O)c1ccc2c(c1)n(C)c(=O)c1ccnn12. The van der Waals surface area contributed by atoms with Crippen LogP contribution in [-0.2, 0) is 13.6 Å². The van der Waals surface area contributed by atoms with Crippen LogP contribution in [0.4, 0.5) is 0 Å². The van der Waals surface area contributed by atoms with Crippen LogP contribution in [0.3, 0.4) is 0 Å². The zero-order chi connectivity index (χ0) is 19.7. The van der Waals surface area contributed by atoms with Gasteiger partial charge in [-0.1, -0.05) is 18.2 Å². The number of hydrogen-bond donors (Lipinski definition) is 1. The van der Waals surface area contributed by atoms with Crippen LogP contribution in [0.2, 0.25) is 0 Å². The van der Waals surface area contributed by atoms with Gasteiger partial charge in [0, 0.05) is 24.7 Å². The number of amides is 1. The molecule has 0 aliphatic carbocycles. The summed E-state index contributed by atoms with van der Waals surface area (Å²) in [5.74, 6) is 0.536. The quantitative estimate of drug-likeness (QED) is 0.581. The summed E-state index contributed by atoms with van der Waals surface area (Å²) >= 11 is 0. The van der Waals surface area contributed by atoms with Crippen molar-refractivity contribution in [2.24, 2.45) is 7.05 Å². The van der Waals surface area contributed by atoms with Crippen LogP contribution < -0.4 is 15.6 Å². The van der Waals surface area contributed by atoms with E-state index in [1.54, 1.807) is 42.0 Å². The predicted octanol–water partition coefficient (Wildman–Crippen LogP) is 2.51. The lowest BCUT2D eigenvalue weighted by Gasteiger charge is -2.12. The van der Waals surface area contributed by atoms with Gasteiger partial charge in [-0.05, 0) is 37.3 Å². The fourth-order valence-corrected chi connectivity index (χ4v) is 3.27. The topological polar surface area (TPSA) is 77.6 Å². The van der Waals surface area contributed by atoms with E-state index < -0.39 is 0 Å². The van der Waals surface area contributed by atoms with Crippen LogP contribution >= 0.6 is 0 Å². The van der Waals surface area contributed by atoms with Crippen LogP contribution in [0.5, 0.6) is 5.75 Å². The van der Waals surface area contributed by atoms with E-state index >= 15 is 0 Å². The summed E-state index contributed by atoms with van der Waals surface area (Å²) in [5.41, 5.74) is 3.13. The first kappa shape index (κ1) is 17.8. The summed E-state index contributed by atoms with van der Waals surface area (Å²) in [6, 6.07) is 14.5. The molecule has 0 aliphatic rings. The molecule has 1 amide bonds. The van der Waals surface area contributed by atoms with Crippen molar-refractivity contribution in [2.45, 2.75) is 13.5 Å². The van der Waals surface area contributed by atoms with Crippen molar-refractivity contribution in [1.82, 2.24) is 19.5 Å². The fourth-order valence-electron chi connectivity index (χ4n) is 3.27. The predicted molar refractivity (Wildman–Crippen MR) is 107 cm³/mol. The molecule has 7 heteroatoms. The van der Waals surface area contributed by atoms with E-state index in [0.29, 0.717) is 29.7 Å². The number of aromatic nitrogens is 3. The standard InChI is InChI=1S/C21H20N4O3/c1-3-28-19-7-5-4-6-15(19)13-22-20(26)14-8-9-16-18(12-14)24(2)21(27)17-10-11-23-25(16)17/h4-12H,3,13H2,1-2H3,(H,22,26). The van der Waals surface area contributed by atoms with Crippen LogP contribution in [0.25, 0.3) is 16.6 Å². The number of fused-ring (bicyclic) bond motifs is 3. The van der Waals surface area contributed by atoms with Gasteiger partial charge in [-0.15, -0.1) is 0 Å². The molecule has 142 valence electrons. The van der Waals surface area contributed by atoms with Gasteiger partial charge in [0.25, 0.3) is 11.5 Å². The molecule has 0 unspecified atom stereocenters. The lowest BCUT2D eigenvalue weighted by atomic mass is 10.1. The average Bonchev–Trinajstić information content (AvgIpc) is 3.21. The number of carbonyl (C=O) groups is 1. The molecule has 0 radical (unpaired) electrons. The van der Waals surface area contributed by atoms with Gasteiger partial charge in [0.05, 0.1) is 23.8 Å². The van der Waals surface area contributed by atoms with Crippen LogP contribution in [-0.4, -0.2) is 26.7 Å². The van der Waals surface area contributed by atoms with Crippen LogP contribution in [0.15, 0.2) is 59.5 Å². The number of nitrogens with zero attached hydrogens (tertiary/aromatic N) is 3. The Bertz CT molecular complexity index is 1240. The Morgan fingerprint density at radius 2 is 1.93 bits per heavy atom. The van der Waals surface area contributed by atoms with Gasteiger partial charge in [-0.2, -0.15) is 5.10 Å². The smallest absolute Gasteiger partial charge is 0.276 e. The molecule has 1 N–H and O–H groups in total. The highest BCUT2D eigenvalue weighted by molar-refractivity contribution is 5.97. The Morgan fingerprint density at radius 3 is 2.75 bits per heavy atom. The Morgan fingerprint density at radius 1 is 1.11 bits per heavy atom. The van der Waals surface area contributed by atoms with Crippen LogP contribution in [0, 0.1) is 0 Å². The molecule has 2 aromatic heterocycles. The monoisotopic (exact) mass is 376 g/mol. The lowest BCUT2D eigenvalue weighted by Crippen LogP contribution is -2.24. The van der Waals surface area contributed by atoms with Gasteiger partial charge in [-0.3, -0.25) is 9.59 Å². The summed E-state index contributed by atoms with van der Waals surface area (Å²) in [6.07, 6.45) is 1.59. The lowest BCUT2D eigenvalue weighted by molar-refractivity contribution is 0.0950. The Kier molecular flexibility index (Phi) is 4.57. The highest BCUT2D eigenvalue weighted by atomic mass is 16.5. The Hall–Kier alpha value is -3.61. The Balaban J connectivity index is 1.64. The summed E-state index contributed by atoms with van der Waals surface area (Å²) in [7, 11) is 1.69. The maximum atomic E-state index is 12.7. The molecule has 0 saturated heterocycles. The highest BCUT2D eigenvalue weighted by Gasteiger charge is 2.13. The van der Waals surface area contributed by atoms with Crippen molar-refractivity contribution in [3.8, 4) is 5.75 Å². The molecule has 4 aromatic rings. The number of ether oxygens (including phenoxy) is 1. The van der Waals surface area contributed by atoms with E-state index in [1.165, 1.54) is 4.57 Å². The number of nitrogens with one attached hydrogen (secondary N) is 1. The summed E-state index contributed by atoms with van der Waals surface area (Å²) < 4.78 is 8.73.